The molecule has 2 heterocycles. The lowest BCUT2D eigenvalue weighted by Crippen LogP contribution is -1.90. The highest BCUT2D eigenvalue weighted by Crippen LogP contribution is 2.12. The van der Waals surface area contributed by atoms with Crippen molar-refractivity contribution >= 4 is 30.0 Å². The first-order valence-corrected chi connectivity index (χ1v) is 6.77. The summed E-state index contributed by atoms with van der Waals surface area (Å²) in [5, 5.41) is 14.4. The van der Waals surface area contributed by atoms with E-state index in [0.717, 1.165) is 36.4 Å². The molecule has 0 aliphatic heterocycles. The number of thiazole rings is 1. The first-order chi connectivity index (χ1) is 8.88. The summed E-state index contributed by atoms with van der Waals surface area (Å²) in [4.78, 5) is 8.44. The van der Waals surface area contributed by atoms with Crippen molar-refractivity contribution in [1.29, 1.82) is 0 Å². The summed E-state index contributed by atoms with van der Waals surface area (Å²) in [5.41, 5.74) is 2.01. The molecule has 2 aromatic rings. The molecule has 0 radical (unpaired) electrons. The quantitative estimate of drug-likeness (QED) is 0.385. The van der Waals surface area contributed by atoms with E-state index in [1.54, 1.807) is 17.5 Å². The molecule has 0 spiro atoms. The summed E-state index contributed by atoms with van der Waals surface area (Å²) < 4.78 is 0. The Balaban J connectivity index is 0.00000180. The first-order valence-electron chi connectivity index (χ1n) is 5.89. The first kappa shape index (κ1) is 15.6. The van der Waals surface area contributed by atoms with Crippen LogP contribution < -0.4 is 0 Å². The predicted molar refractivity (Wildman–Crippen MR) is 79.6 cm³/mol. The van der Waals surface area contributed by atoms with Gasteiger partial charge >= 0.3 is 0 Å². The minimum absolute atomic E-state index is 0. The Kier molecular flexibility index (Phi) is 7.07. The number of hydrogen-bond acceptors (Lipinski definition) is 5. The average Bonchev–Trinajstić information content (AvgIpc) is 2.84. The van der Waals surface area contributed by atoms with Crippen molar-refractivity contribution in [2.24, 2.45) is 5.16 Å². The fourth-order valence-corrected chi connectivity index (χ4v) is 2.50. The van der Waals surface area contributed by atoms with Gasteiger partial charge < -0.3 is 5.21 Å². The molecule has 0 saturated carbocycles. The Morgan fingerprint density at radius 2 is 2.16 bits per heavy atom. The van der Waals surface area contributed by atoms with Crippen molar-refractivity contribution in [2.75, 3.05) is 0 Å². The van der Waals surface area contributed by atoms with E-state index in [1.165, 1.54) is 11.8 Å². The number of aromatic nitrogens is 2. The van der Waals surface area contributed by atoms with Crippen LogP contribution in [0.25, 0.3) is 0 Å². The van der Waals surface area contributed by atoms with Gasteiger partial charge in [0.15, 0.2) is 0 Å². The van der Waals surface area contributed by atoms with Crippen LogP contribution >= 0.6 is 23.7 Å². The second-order valence-electron chi connectivity index (χ2n) is 3.98. The minimum Gasteiger partial charge on any atom is -0.411 e. The third-order valence-electron chi connectivity index (χ3n) is 2.59. The summed E-state index contributed by atoms with van der Waals surface area (Å²) in [6.07, 6.45) is 9.35. The number of halogens is 1. The van der Waals surface area contributed by atoms with Crippen molar-refractivity contribution < 1.29 is 5.21 Å². The zero-order valence-electron chi connectivity index (χ0n) is 10.4. The molecule has 4 nitrogen and oxygen atoms in total. The van der Waals surface area contributed by atoms with Gasteiger partial charge in [0, 0.05) is 17.8 Å². The van der Waals surface area contributed by atoms with Crippen molar-refractivity contribution in [3.8, 4) is 0 Å². The molecule has 2 rings (SSSR count). The molecule has 0 amide bonds. The fourth-order valence-electron chi connectivity index (χ4n) is 1.71. The van der Waals surface area contributed by atoms with Crippen molar-refractivity contribution in [3.05, 3.63) is 46.2 Å². The summed E-state index contributed by atoms with van der Waals surface area (Å²) >= 11 is 1.61. The van der Waals surface area contributed by atoms with E-state index in [1.807, 2.05) is 17.6 Å². The zero-order valence-corrected chi connectivity index (χ0v) is 12.0. The maximum Gasteiger partial charge on any atom is 0.0958 e. The van der Waals surface area contributed by atoms with Gasteiger partial charge in [0.05, 0.1) is 16.9 Å². The highest BCUT2D eigenvalue weighted by Gasteiger charge is 2.00. The van der Waals surface area contributed by atoms with Crippen LogP contribution in [-0.4, -0.2) is 21.4 Å². The SMILES string of the molecule is Cl.O/N=C\c1csc(CCCCc2cccnc2)n1. The number of nitrogens with zero attached hydrogens (tertiary/aromatic N) is 3. The van der Waals surface area contributed by atoms with Crippen molar-refractivity contribution in [1.82, 2.24) is 9.97 Å². The zero-order chi connectivity index (χ0) is 12.6. The molecule has 0 aliphatic carbocycles. The van der Waals surface area contributed by atoms with Gasteiger partial charge in [0.2, 0.25) is 0 Å². The number of aryl methyl sites for hydroxylation is 2. The van der Waals surface area contributed by atoms with Gasteiger partial charge in [0.25, 0.3) is 0 Å². The van der Waals surface area contributed by atoms with E-state index < -0.39 is 0 Å². The molecule has 0 aliphatic rings. The van der Waals surface area contributed by atoms with E-state index in [0.29, 0.717) is 0 Å². The second-order valence-corrected chi connectivity index (χ2v) is 4.92. The normalized spacial score (nSPS) is 10.5. The Hall–Kier alpha value is -1.46. The summed E-state index contributed by atoms with van der Waals surface area (Å²) in [6.45, 7) is 0. The van der Waals surface area contributed by atoms with E-state index in [-0.39, 0.29) is 12.4 Å². The third kappa shape index (κ3) is 5.36. The molecule has 1 N–H and O–H groups in total. The molecular weight excluding hydrogens is 282 g/mol. The molecule has 6 heteroatoms. The molecule has 0 atom stereocenters. The van der Waals surface area contributed by atoms with Gasteiger partial charge in [-0.15, -0.1) is 23.7 Å². The molecule has 0 fully saturated rings. The van der Waals surface area contributed by atoms with Crippen LogP contribution in [0.3, 0.4) is 0 Å². The topological polar surface area (TPSA) is 58.4 Å². The van der Waals surface area contributed by atoms with E-state index in [2.05, 4.69) is 21.2 Å². The van der Waals surface area contributed by atoms with Crippen LogP contribution in [0.1, 0.15) is 29.1 Å². The number of pyridine rings is 1. The van der Waals surface area contributed by atoms with Gasteiger partial charge in [-0.25, -0.2) is 4.98 Å². The highest BCUT2D eigenvalue weighted by atomic mass is 35.5. The molecule has 2 aromatic heterocycles. The molecule has 0 aromatic carbocycles. The largest absolute Gasteiger partial charge is 0.411 e. The maximum absolute atomic E-state index is 8.40. The van der Waals surface area contributed by atoms with Crippen LogP contribution in [0, 0.1) is 0 Å². The third-order valence-corrected chi connectivity index (χ3v) is 3.52. The van der Waals surface area contributed by atoms with Crippen LogP contribution in [-0.2, 0) is 12.8 Å². The summed E-state index contributed by atoms with van der Waals surface area (Å²) in [5.74, 6) is 0. The molecule has 0 bridgehead atoms. The van der Waals surface area contributed by atoms with Gasteiger partial charge in [-0.05, 0) is 37.3 Å². The summed E-state index contributed by atoms with van der Waals surface area (Å²) in [6, 6.07) is 4.07. The lowest BCUT2D eigenvalue weighted by atomic mass is 10.1. The Bertz CT molecular complexity index is 502. The van der Waals surface area contributed by atoms with Gasteiger partial charge in [-0.1, -0.05) is 11.2 Å². The molecule has 0 unspecified atom stereocenters. The number of unbranched alkanes of at least 4 members (excludes halogenated alkanes) is 1. The molecular formula is C13H16ClN3OS. The number of rotatable bonds is 6. The Morgan fingerprint density at radius 3 is 2.89 bits per heavy atom. The van der Waals surface area contributed by atoms with Gasteiger partial charge in [0.1, 0.15) is 0 Å². The second kappa shape index (κ2) is 8.61. The molecule has 0 saturated heterocycles. The van der Waals surface area contributed by atoms with E-state index in [4.69, 9.17) is 5.21 Å². The van der Waals surface area contributed by atoms with E-state index >= 15 is 0 Å². The minimum atomic E-state index is 0. The average molecular weight is 298 g/mol. The standard InChI is InChI=1S/C13H15N3OS.ClH/c17-15-9-12-10-18-13(16-12)6-2-1-4-11-5-3-7-14-8-11;/h3,5,7-10,17H,1-2,4,6H2;1H/b15-9-;. The number of hydrogen-bond donors (Lipinski definition) is 1. The highest BCUT2D eigenvalue weighted by molar-refractivity contribution is 7.09. The molecule has 19 heavy (non-hydrogen) atoms. The lowest BCUT2D eigenvalue weighted by molar-refractivity contribution is 0.321. The van der Waals surface area contributed by atoms with Crippen molar-refractivity contribution in [2.45, 2.75) is 25.7 Å². The Morgan fingerprint density at radius 1 is 1.32 bits per heavy atom. The van der Waals surface area contributed by atoms with E-state index in [9.17, 15) is 0 Å². The van der Waals surface area contributed by atoms with Crippen molar-refractivity contribution in [3.63, 3.8) is 0 Å². The van der Waals surface area contributed by atoms with Crippen LogP contribution in [0.15, 0.2) is 35.1 Å². The smallest absolute Gasteiger partial charge is 0.0958 e. The van der Waals surface area contributed by atoms with Crippen LogP contribution in [0.2, 0.25) is 0 Å². The fraction of sp³-hybridized carbons (Fsp3) is 0.308. The number of oxime groups is 1. The monoisotopic (exact) mass is 297 g/mol. The van der Waals surface area contributed by atoms with Crippen LogP contribution in [0.5, 0.6) is 0 Å². The maximum atomic E-state index is 8.40. The van der Waals surface area contributed by atoms with Gasteiger partial charge in [-0.2, -0.15) is 0 Å². The summed E-state index contributed by atoms with van der Waals surface area (Å²) in [7, 11) is 0. The Labute approximate surface area is 122 Å². The van der Waals surface area contributed by atoms with Crippen LogP contribution in [0.4, 0.5) is 0 Å². The van der Waals surface area contributed by atoms with Gasteiger partial charge in [-0.3, -0.25) is 4.98 Å². The lowest BCUT2D eigenvalue weighted by Gasteiger charge is -1.99. The molecule has 102 valence electrons. The predicted octanol–water partition coefficient (Wildman–Crippen LogP) is 3.33.